The smallest absolute Gasteiger partial charge is 0.0697 e. The lowest BCUT2D eigenvalue weighted by Gasteiger charge is -2.21. The van der Waals surface area contributed by atoms with Crippen molar-refractivity contribution in [3.8, 4) is 18.4 Å². The molecule has 0 aliphatic carbocycles. The van der Waals surface area contributed by atoms with E-state index in [1.807, 2.05) is 25.8 Å². The molecule has 0 aromatic carbocycles. The Morgan fingerprint density at radius 2 is 2.09 bits per heavy atom. The summed E-state index contributed by atoms with van der Waals surface area (Å²) in [6.07, 6.45) is 5.12. The summed E-state index contributed by atoms with van der Waals surface area (Å²) in [5.41, 5.74) is -0.300. The second-order valence-corrected chi connectivity index (χ2v) is 3.37. The van der Waals surface area contributed by atoms with Gasteiger partial charge in [-0.25, -0.2) is 0 Å². The fourth-order valence-corrected chi connectivity index (χ4v) is 0.922. The third-order valence-electron chi connectivity index (χ3n) is 1.33. The first kappa shape index (κ1) is 10.0. The lowest BCUT2D eigenvalue weighted by atomic mass is 9.95. The first-order valence-electron chi connectivity index (χ1n) is 3.55. The normalized spacial score (nSPS) is 10.7. The average Bonchev–Trinajstić information content (AvgIpc) is 1.87. The van der Waals surface area contributed by atoms with Gasteiger partial charge in [-0.15, -0.1) is 6.42 Å². The molecule has 0 bridgehead atoms. The van der Waals surface area contributed by atoms with Gasteiger partial charge in [-0.05, 0) is 20.9 Å². The molecule has 2 heteroatoms. The van der Waals surface area contributed by atoms with Crippen LogP contribution in [-0.2, 0) is 0 Å². The average molecular weight is 150 g/mol. The number of hydrogen-bond acceptors (Lipinski definition) is 2. The van der Waals surface area contributed by atoms with Crippen molar-refractivity contribution in [3.63, 3.8) is 0 Å². The highest BCUT2D eigenvalue weighted by Crippen LogP contribution is 2.13. The Labute approximate surface area is 68.8 Å². The van der Waals surface area contributed by atoms with Gasteiger partial charge < -0.3 is 0 Å². The summed E-state index contributed by atoms with van der Waals surface area (Å²) in [6, 6.07) is 2.22. The molecule has 0 aromatic rings. The summed E-state index contributed by atoms with van der Waals surface area (Å²) in [4.78, 5) is 1.96. The van der Waals surface area contributed by atoms with Crippen molar-refractivity contribution in [2.75, 3.05) is 20.1 Å². The number of nitrogens with zero attached hydrogens (tertiary/aromatic N) is 2. The van der Waals surface area contributed by atoms with E-state index in [1.54, 1.807) is 0 Å². The number of hydrogen-bond donors (Lipinski definition) is 0. The standard InChI is InChI=1S/C9H14N2/c1-5-6-11(4)8-9(2,3)7-10/h1H,6,8H2,2-4H3. The highest BCUT2D eigenvalue weighted by molar-refractivity contribution is 4.96. The molecular weight excluding hydrogens is 136 g/mol. The Kier molecular flexibility index (Phi) is 3.65. The lowest BCUT2D eigenvalue weighted by molar-refractivity contribution is 0.280. The van der Waals surface area contributed by atoms with Crippen molar-refractivity contribution in [3.05, 3.63) is 0 Å². The molecule has 0 saturated carbocycles. The van der Waals surface area contributed by atoms with Crippen molar-refractivity contribution in [1.82, 2.24) is 4.90 Å². The lowest BCUT2D eigenvalue weighted by Crippen LogP contribution is -2.30. The Morgan fingerprint density at radius 1 is 1.55 bits per heavy atom. The zero-order valence-electron chi connectivity index (χ0n) is 7.39. The predicted octanol–water partition coefficient (Wildman–Crippen LogP) is 1.10. The van der Waals surface area contributed by atoms with Crippen LogP contribution in [0.3, 0.4) is 0 Å². The SMILES string of the molecule is C#CCN(C)CC(C)(C)C#N. The third kappa shape index (κ3) is 4.42. The molecule has 2 nitrogen and oxygen atoms in total. The van der Waals surface area contributed by atoms with Crippen LogP contribution in [0, 0.1) is 29.1 Å². The number of rotatable bonds is 3. The summed E-state index contributed by atoms with van der Waals surface area (Å²) in [5.74, 6) is 2.53. The quantitative estimate of drug-likeness (QED) is 0.563. The van der Waals surface area contributed by atoms with Crippen molar-refractivity contribution in [2.24, 2.45) is 5.41 Å². The van der Waals surface area contributed by atoms with Crippen molar-refractivity contribution >= 4 is 0 Å². The van der Waals surface area contributed by atoms with Gasteiger partial charge in [-0.2, -0.15) is 5.26 Å². The fourth-order valence-electron chi connectivity index (χ4n) is 0.922. The van der Waals surface area contributed by atoms with E-state index in [0.717, 1.165) is 0 Å². The second kappa shape index (κ2) is 4.01. The molecule has 0 fully saturated rings. The highest BCUT2D eigenvalue weighted by atomic mass is 15.1. The van der Waals surface area contributed by atoms with Crippen LogP contribution in [-0.4, -0.2) is 25.0 Å². The Hall–Kier alpha value is -0.990. The molecule has 0 radical (unpaired) electrons. The molecule has 0 aromatic heterocycles. The maximum Gasteiger partial charge on any atom is 0.0697 e. The molecule has 0 rings (SSSR count). The minimum Gasteiger partial charge on any atom is -0.294 e. The van der Waals surface area contributed by atoms with Crippen LogP contribution < -0.4 is 0 Å². The molecule has 0 unspecified atom stereocenters. The number of terminal acetylenes is 1. The Morgan fingerprint density at radius 3 is 2.45 bits per heavy atom. The van der Waals surface area contributed by atoms with Gasteiger partial charge >= 0.3 is 0 Å². The van der Waals surface area contributed by atoms with Crippen LogP contribution in [0.25, 0.3) is 0 Å². The van der Waals surface area contributed by atoms with Gasteiger partial charge in [0.15, 0.2) is 0 Å². The van der Waals surface area contributed by atoms with Gasteiger partial charge in [0.2, 0.25) is 0 Å². The zero-order chi connectivity index (χ0) is 8.91. The van der Waals surface area contributed by atoms with Crippen LogP contribution in [0.5, 0.6) is 0 Å². The van der Waals surface area contributed by atoms with Gasteiger partial charge in [0.05, 0.1) is 18.0 Å². The topological polar surface area (TPSA) is 27.0 Å². The van der Waals surface area contributed by atoms with Crippen LogP contribution in [0.1, 0.15) is 13.8 Å². The molecule has 0 aliphatic rings. The number of nitriles is 1. The molecule has 0 saturated heterocycles. The summed E-state index contributed by atoms with van der Waals surface area (Å²) in [5, 5.41) is 8.68. The molecule has 0 N–H and O–H groups in total. The monoisotopic (exact) mass is 150 g/mol. The van der Waals surface area contributed by atoms with E-state index in [2.05, 4.69) is 12.0 Å². The maximum atomic E-state index is 8.68. The van der Waals surface area contributed by atoms with Gasteiger partial charge in [0, 0.05) is 6.54 Å². The molecular formula is C9H14N2. The Balaban J connectivity index is 3.88. The molecule has 11 heavy (non-hydrogen) atoms. The summed E-state index contributed by atoms with van der Waals surface area (Å²) < 4.78 is 0. The molecule has 0 atom stereocenters. The van der Waals surface area contributed by atoms with Crippen LogP contribution in [0.15, 0.2) is 0 Å². The first-order valence-corrected chi connectivity index (χ1v) is 3.55. The first-order chi connectivity index (χ1) is 5.02. The van der Waals surface area contributed by atoms with E-state index in [1.165, 1.54) is 0 Å². The molecule has 0 aliphatic heterocycles. The van der Waals surface area contributed by atoms with Gasteiger partial charge in [0.25, 0.3) is 0 Å². The minimum absolute atomic E-state index is 0.300. The minimum atomic E-state index is -0.300. The van der Waals surface area contributed by atoms with Crippen molar-refractivity contribution in [1.29, 1.82) is 5.26 Å². The van der Waals surface area contributed by atoms with Crippen LogP contribution in [0.4, 0.5) is 0 Å². The van der Waals surface area contributed by atoms with Gasteiger partial charge in [0.1, 0.15) is 0 Å². The van der Waals surface area contributed by atoms with E-state index in [9.17, 15) is 0 Å². The Bertz CT molecular complexity index is 193. The van der Waals surface area contributed by atoms with E-state index in [-0.39, 0.29) is 5.41 Å². The summed E-state index contributed by atoms with van der Waals surface area (Å²) >= 11 is 0. The van der Waals surface area contributed by atoms with E-state index in [4.69, 9.17) is 11.7 Å². The highest BCUT2D eigenvalue weighted by Gasteiger charge is 2.18. The van der Waals surface area contributed by atoms with Crippen LogP contribution in [0.2, 0.25) is 0 Å². The largest absolute Gasteiger partial charge is 0.294 e. The molecule has 0 spiro atoms. The van der Waals surface area contributed by atoms with Gasteiger partial charge in [-0.1, -0.05) is 5.92 Å². The summed E-state index contributed by atoms with van der Waals surface area (Å²) in [7, 11) is 1.92. The molecule has 0 heterocycles. The van der Waals surface area contributed by atoms with E-state index < -0.39 is 0 Å². The van der Waals surface area contributed by atoms with Crippen molar-refractivity contribution < 1.29 is 0 Å². The maximum absolute atomic E-state index is 8.68. The fraction of sp³-hybridized carbons (Fsp3) is 0.667. The van der Waals surface area contributed by atoms with Crippen molar-refractivity contribution in [2.45, 2.75) is 13.8 Å². The summed E-state index contributed by atoms with van der Waals surface area (Å²) in [6.45, 7) is 5.12. The second-order valence-electron chi connectivity index (χ2n) is 3.37. The van der Waals surface area contributed by atoms with Crippen LogP contribution >= 0.6 is 0 Å². The predicted molar refractivity (Wildman–Crippen MR) is 45.7 cm³/mol. The van der Waals surface area contributed by atoms with E-state index >= 15 is 0 Å². The van der Waals surface area contributed by atoms with E-state index in [0.29, 0.717) is 13.1 Å². The molecule has 60 valence electrons. The molecule has 0 amide bonds. The third-order valence-corrected chi connectivity index (χ3v) is 1.33. The van der Waals surface area contributed by atoms with Gasteiger partial charge in [-0.3, -0.25) is 4.90 Å². The zero-order valence-corrected chi connectivity index (χ0v) is 7.39.